The number of rotatable bonds is 5. The third kappa shape index (κ3) is 3.55. The van der Waals surface area contributed by atoms with Gasteiger partial charge in [0.05, 0.1) is 17.0 Å². The van der Waals surface area contributed by atoms with Crippen molar-refractivity contribution < 1.29 is 4.74 Å². The van der Waals surface area contributed by atoms with Gasteiger partial charge in [0.15, 0.2) is 0 Å². The summed E-state index contributed by atoms with van der Waals surface area (Å²) in [4.78, 5) is 0. The first-order valence-corrected chi connectivity index (χ1v) is 9.17. The van der Waals surface area contributed by atoms with Crippen molar-refractivity contribution in [2.45, 2.75) is 6.61 Å². The molecule has 3 nitrogen and oxygen atoms in total. The average molecular weight is 405 g/mol. The molecule has 0 saturated carbocycles. The Morgan fingerprint density at radius 1 is 0.846 bits per heavy atom. The first kappa shape index (κ1) is 16.6. The number of hydrogen-bond donors (Lipinski definition) is 1. The van der Waals surface area contributed by atoms with E-state index >= 15 is 0 Å². The number of ether oxygens (including phenoxy) is 1. The molecule has 0 saturated heterocycles. The smallest absolute Gasteiger partial charge is 0.130 e. The zero-order valence-electron chi connectivity index (χ0n) is 14.0. The molecule has 4 heteroatoms. The topological polar surface area (TPSA) is 37.9 Å². The SMILES string of the molecule is Brc1cccc(OCc2ccccc2)c1-c1cc(-c2ccccc2)[nH]n1. The van der Waals surface area contributed by atoms with Crippen molar-refractivity contribution in [3.05, 3.63) is 95.0 Å². The van der Waals surface area contributed by atoms with E-state index in [0.29, 0.717) is 6.61 Å². The fraction of sp³-hybridized carbons (Fsp3) is 0.0455. The van der Waals surface area contributed by atoms with Crippen molar-refractivity contribution in [1.29, 1.82) is 0 Å². The molecule has 0 bridgehead atoms. The molecule has 0 amide bonds. The van der Waals surface area contributed by atoms with E-state index in [-0.39, 0.29) is 0 Å². The van der Waals surface area contributed by atoms with Gasteiger partial charge in [-0.3, -0.25) is 5.10 Å². The van der Waals surface area contributed by atoms with Gasteiger partial charge in [0.2, 0.25) is 0 Å². The van der Waals surface area contributed by atoms with Gasteiger partial charge in [-0.2, -0.15) is 5.10 Å². The molecule has 0 aliphatic heterocycles. The van der Waals surface area contributed by atoms with Gasteiger partial charge in [0.25, 0.3) is 0 Å². The van der Waals surface area contributed by atoms with Gasteiger partial charge in [0, 0.05) is 4.47 Å². The largest absolute Gasteiger partial charge is 0.488 e. The molecule has 0 radical (unpaired) electrons. The number of nitrogens with zero attached hydrogens (tertiary/aromatic N) is 1. The van der Waals surface area contributed by atoms with Gasteiger partial charge < -0.3 is 4.74 Å². The van der Waals surface area contributed by atoms with Crippen molar-refractivity contribution in [3.8, 4) is 28.3 Å². The Kier molecular flexibility index (Phi) is 4.84. The van der Waals surface area contributed by atoms with E-state index in [1.807, 2.05) is 60.7 Å². The summed E-state index contributed by atoms with van der Waals surface area (Å²) < 4.78 is 7.04. The lowest BCUT2D eigenvalue weighted by molar-refractivity contribution is 0.307. The maximum Gasteiger partial charge on any atom is 0.130 e. The predicted octanol–water partition coefficient (Wildman–Crippen LogP) is 6.09. The quantitative estimate of drug-likeness (QED) is 0.437. The van der Waals surface area contributed by atoms with Gasteiger partial charge in [0.1, 0.15) is 12.4 Å². The Morgan fingerprint density at radius 3 is 2.35 bits per heavy atom. The number of H-pyrrole nitrogens is 1. The molecule has 0 fully saturated rings. The van der Waals surface area contributed by atoms with Crippen LogP contribution in [0.3, 0.4) is 0 Å². The lowest BCUT2D eigenvalue weighted by Crippen LogP contribution is -1.97. The highest BCUT2D eigenvalue weighted by Gasteiger charge is 2.14. The Bertz CT molecular complexity index is 997. The van der Waals surface area contributed by atoms with E-state index in [2.05, 4.69) is 50.4 Å². The van der Waals surface area contributed by atoms with Gasteiger partial charge in [-0.1, -0.05) is 66.7 Å². The summed E-state index contributed by atoms with van der Waals surface area (Å²) in [6.45, 7) is 0.514. The molecule has 4 aromatic rings. The molecule has 0 aliphatic carbocycles. The molecule has 0 spiro atoms. The van der Waals surface area contributed by atoms with Crippen LogP contribution in [0, 0.1) is 0 Å². The van der Waals surface area contributed by atoms with Crippen LogP contribution in [0.25, 0.3) is 22.5 Å². The summed E-state index contributed by atoms with van der Waals surface area (Å²) in [6, 6.07) is 28.3. The fourth-order valence-electron chi connectivity index (χ4n) is 2.82. The second-order valence-corrected chi connectivity index (χ2v) is 6.77. The van der Waals surface area contributed by atoms with Gasteiger partial charge in [-0.05, 0) is 45.3 Å². The van der Waals surface area contributed by atoms with E-state index < -0.39 is 0 Å². The highest BCUT2D eigenvalue weighted by molar-refractivity contribution is 9.10. The molecule has 1 aromatic heterocycles. The van der Waals surface area contributed by atoms with E-state index in [9.17, 15) is 0 Å². The van der Waals surface area contributed by atoms with Crippen molar-refractivity contribution in [2.75, 3.05) is 0 Å². The standard InChI is InChI=1S/C22H17BrN2O/c23-18-12-7-13-21(26-15-16-8-3-1-4-9-16)22(18)20-14-19(24-25-20)17-10-5-2-6-11-17/h1-14H,15H2,(H,24,25). The van der Waals surface area contributed by atoms with Crippen molar-refractivity contribution in [3.63, 3.8) is 0 Å². The van der Waals surface area contributed by atoms with Crippen LogP contribution in [0.15, 0.2) is 89.4 Å². The molecule has 0 unspecified atom stereocenters. The Balaban J connectivity index is 1.65. The number of hydrogen-bond acceptors (Lipinski definition) is 2. The van der Waals surface area contributed by atoms with E-state index in [1.165, 1.54) is 0 Å². The second kappa shape index (κ2) is 7.58. The number of aromatic amines is 1. The van der Waals surface area contributed by atoms with Crippen molar-refractivity contribution in [2.24, 2.45) is 0 Å². The lowest BCUT2D eigenvalue weighted by Gasteiger charge is -2.11. The first-order valence-electron chi connectivity index (χ1n) is 8.38. The predicted molar refractivity (Wildman–Crippen MR) is 108 cm³/mol. The number of halogens is 1. The van der Waals surface area contributed by atoms with Crippen LogP contribution in [-0.2, 0) is 6.61 Å². The monoisotopic (exact) mass is 404 g/mol. The summed E-state index contributed by atoms with van der Waals surface area (Å²) in [5.74, 6) is 0.800. The summed E-state index contributed by atoms with van der Waals surface area (Å²) >= 11 is 3.64. The zero-order valence-corrected chi connectivity index (χ0v) is 15.6. The van der Waals surface area contributed by atoms with Gasteiger partial charge >= 0.3 is 0 Å². The number of aromatic nitrogens is 2. The molecule has 1 heterocycles. The molecule has 0 aliphatic rings. The molecular formula is C22H17BrN2O. The Morgan fingerprint density at radius 2 is 1.58 bits per heavy atom. The van der Waals surface area contributed by atoms with Gasteiger partial charge in [-0.15, -0.1) is 0 Å². The van der Waals surface area contributed by atoms with Crippen LogP contribution >= 0.6 is 15.9 Å². The number of benzene rings is 3. The highest BCUT2D eigenvalue weighted by Crippen LogP contribution is 2.37. The minimum atomic E-state index is 0.514. The van der Waals surface area contributed by atoms with E-state index in [4.69, 9.17) is 4.74 Å². The number of nitrogens with one attached hydrogen (secondary N) is 1. The fourth-order valence-corrected chi connectivity index (χ4v) is 3.38. The van der Waals surface area contributed by atoms with Crippen LogP contribution in [0.5, 0.6) is 5.75 Å². The zero-order chi connectivity index (χ0) is 17.8. The Labute approximate surface area is 160 Å². The Hall–Kier alpha value is -2.85. The summed E-state index contributed by atoms with van der Waals surface area (Å²) in [6.07, 6.45) is 0. The molecule has 26 heavy (non-hydrogen) atoms. The maximum atomic E-state index is 6.09. The highest BCUT2D eigenvalue weighted by atomic mass is 79.9. The molecule has 1 N–H and O–H groups in total. The summed E-state index contributed by atoms with van der Waals surface area (Å²) in [5, 5.41) is 7.63. The summed E-state index contributed by atoms with van der Waals surface area (Å²) in [5.41, 5.74) is 5.00. The molecule has 128 valence electrons. The van der Waals surface area contributed by atoms with Crippen LogP contribution in [0.4, 0.5) is 0 Å². The van der Waals surface area contributed by atoms with E-state index in [1.54, 1.807) is 0 Å². The molecule has 3 aromatic carbocycles. The minimum Gasteiger partial charge on any atom is -0.488 e. The van der Waals surface area contributed by atoms with Crippen LogP contribution in [0.1, 0.15) is 5.56 Å². The molecule has 0 atom stereocenters. The van der Waals surface area contributed by atoms with Crippen molar-refractivity contribution >= 4 is 15.9 Å². The van der Waals surface area contributed by atoms with Gasteiger partial charge in [-0.25, -0.2) is 0 Å². The van der Waals surface area contributed by atoms with Crippen LogP contribution < -0.4 is 4.74 Å². The van der Waals surface area contributed by atoms with Crippen molar-refractivity contribution in [1.82, 2.24) is 10.2 Å². The second-order valence-electron chi connectivity index (χ2n) is 5.92. The lowest BCUT2D eigenvalue weighted by atomic mass is 10.1. The van der Waals surface area contributed by atoms with Crippen LogP contribution in [-0.4, -0.2) is 10.2 Å². The minimum absolute atomic E-state index is 0.514. The first-order chi connectivity index (χ1) is 12.8. The van der Waals surface area contributed by atoms with Crippen LogP contribution in [0.2, 0.25) is 0 Å². The van der Waals surface area contributed by atoms with E-state index in [0.717, 1.165) is 38.3 Å². The third-order valence-corrected chi connectivity index (χ3v) is 4.79. The molecular weight excluding hydrogens is 388 g/mol. The maximum absolute atomic E-state index is 6.09. The average Bonchev–Trinajstić information content (AvgIpc) is 3.17. The third-order valence-electron chi connectivity index (χ3n) is 4.13. The molecule has 4 rings (SSSR count). The normalized spacial score (nSPS) is 10.7. The summed E-state index contributed by atoms with van der Waals surface area (Å²) in [7, 11) is 0.